The lowest BCUT2D eigenvalue weighted by Gasteiger charge is -2.16. The maximum Gasteiger partial charge on any atom is 0.298 e. The molecule has 13 heteroatoms. The van der Waals surface area contributed by atoms with E-state index in [2.05, 4.69) is 37.7 Å². The van der Waals surface area contributed by atoms with Crippen LogP contribution in [-0.2, 0) is 0 Å². The Labute approximate surface area is 239 Å². The van der Waals surface area contributed by atoms with Crippen LogP contribution in [0.15, 0.2) is 52.8 Å². The number of aromatic nitrogens is 3. The molecule has 41 heavy (non-hydrogen) atoms. The lowest BCUT2D eigenvalue weighted by molar-refractivity contribution is 0.0978. The van der Waals surface area contributed by atoms with E-state index in [0.717, 1.165) is 25.1 Å². The first-order chi connectivity index (χ1) is 19.9. The molecule has 2 aliphatic rings. The van der Waals surface area contributed by atoms with Crippen LogP contribution in [0.2, 0.25) is 0 Å². The molecule has 1 aliphatic carbocycles. The number of amidine groups is 1. The van der Waals surface area contributed by atoms with Crippen LogP contribution in [0.25, 0.3) is 16.9 Å². The first-order valence-corrected chi connectivity index (χ1v) is 13.7. The van der Waals surface area contributed by atoms with Crippen molar-refractivity contribution in [2.24, 2.45) is 11.0 Å². The maximum absolute atomic E-state index is 13.6. The molecule has 3 aromatic heterocycles. The minimum atomic E-state index is -2.86. The van der Waals surface area contributed by atoms with Crippen molar-refractivity contribution in [3.05, 3.63) is 64.5 Å². The quantitative estimate of drug-likeness (QED) is 0.412. The lowest BCUT2D eigenvalue weighted by atomic mass is 10.00. The van der Waals surface area contributed by atoms with Gasteiger partial charge < -0.3 is 9.47 Å². The smallest absolute Gasteiger partial charge is 0.298 e. The third-order valence-electron chi connectivity index (χ3n) is 5.86. The molecule has 1 fully saturated rings. The summed E-state index contributed by atoms with van der Waals surface area (Å²) in [4.78, 5) is 34.3. The van der Waals surface area contributed by atoms with Gasteiger partial charge in [-0.15, -0.1) is 0 Å². The van der Waals surface area contributed by atoms with Gasteiger partial charge in [-0.1, -0.05) is 25.7 Å². The number of pyridine rings is 3. The standard InChI is InChI=1S/C26H22F2N6O4S.C2H6/c1-37-19-4-3-9-34(25(19)36)21-11-15(16-10-18(23(27)28)29-13-20(16)38-2)17(12-30-21)24(35)31-26-33-32-22(39-26)8-7-14-5-6-14;1-2/h3-4,9-14,22-23,32H,5-6H2,1-2H3,(H,31,33,35);1-2H3. The molecule has 5 rings (SSSR count). The average molecular weight is 583 g/mol. The molecule has 0 spiro atoms. The van der Waals surface area contributed by atoms with Gasteiger partial charge >= 0.3 is 0 Å². The average Bonchev–Trinajstić information content (AvgIpc) is 3.73. The summed E-state index contributed by atoms with van der Waals surface area (Å²) in [6.07, 6.45) is 3.20. The van der Waals surface area contributed by atoms with Gasteiger partial charge in [0.25, 0.3) is 17.9 Å². The van der Waals surface area contributed by atoms with Gasteiger partial charge in [0, 0.05) is 29.4 Å². The molecular weight excluding hydrogens is 554 g/mol. The van der Waals surface area contributed by atoms with Crippen LogP contribution in [0.1, 0.15) is 49.2 Å². The molecule has 214 valence electrons. The Kier molecular flexibility index (Phi) is 9.57. The van der Waals surface area contributed by atoms with Crippen LogP contribution in [0.3, 0.4) is 0 Å². The molecule has 1 amide bonds. The fourth-order valence-electron chi connectivity index (χ4n) is 3.73. The second-order valence-electron chi connectivity index (χ2n) is 8.51. The maximum atomic E-state index is 13.6. The van der Waals surface area contributed by atoms with E-state index in [1.807, 2.05) is 13.8 Å². The van der Waals surface area contributed by atoms with E-state index in [-0.39, 0.29) is 39.4 Å². The Morgan fingerprint density at radius 2 is 1.88 bits per heavy atom. The molecule has 10 nitrogen and oxygen atoms in total. The molecule has 0 radical (unpaired) electrons. The van der Waals surface area contributed by atoms with Crippen LogP contribution in [0.5, 0.6) is 11.5 Å². The fourth-order valence-corrected chi connectivity index (χ4v) is 4.44. The topological polar surface area (TPSA) is 120 Å². The van der Waals surface area contributed by atoms with Crippen molar-refractivity contribution in [1.82, 2.24) is 25.3 Å². The first-order valence-electron chi connectivity index (χ1n) is 12.8. The van der Waals surface area contributed by atoms with Gasteiger partial charge in [-0.25, -0.2) is 13.8 Å². The van der Waals surface area contributed by atoms with Gasteiger partial charge in [0.2, 0.25) is 0 Å². The number of thioether (sulfide) groups is 1. The highest BCUT2D eigenvalue weighted by Gasteiger charge is 2.25. The molecular formula is C28H28F2N6O4S. The first kappa shape index (κ1) is 29.5. The SMILES string of the molecule is CC.COc1cnc(C(F)F)cc1-c1cc(-n2cccc(OC)c2=O)ncc1C(=O)NC1=NNC(C#CC2CC2)S1. The summed E-state index contributed by atoms with van der Waals surface area (Å²) in [7, 11) is 2.72. The summed E-state index contributed by atoms with van der Waals surface area (Å²) in [6, 6.07) is 5.67. The largest absolute Gasteiger partial charge is 0.494 e. The van der Waals surface area contributed by atoms with Crippen molar-refractivity contribution in [2.45, 2.75) is 38.5 Å². The molecule has 0 saturated heterocycles. The van der Waals surface area contributed by atoms with E-state index >= 15 is 0 Å². The van der Waals surface area contributed by atoms with Crippen molar-refractivity contribution in [3.8, 4) is 40.3 Å². The fraction of sp³-hybridized carbons (Fsp3) is 0.321. The molecule has 2 N–H and O–H groups in total. The summed E-state index contributed by atoms with van der Waals surface area (Å²) in [5, 5.41) is 6.84. The van der Waals surface area contributed by atoms with Gasteiger partial charge in [-0.3, -0.25) is 29.9 Å². The number of hydrogen-bond donors (Lipinski definition) is 2. The number of rotatable bonds is 6. The van der Waals surface area contributed by atoms with Crippen LogP contribution < -0.4 is 25.8 Å². The summed E-state index contributed by atoms with van der Waals surface area (Å²) in [5.41, 5.74) is 2.26. The Hall–Kier alpha value is -4.44. The number of amides is 1. The molecule has 1 saturated carbocycles. The zero-order valence-corrected chi connectivity index (χ0v) is 23.6. The van der Waals surface area contributed by atoms with Crippen LogP contribution >= 0.6 is 11.8 Å². The van der Waals surface area contributed by atoms with E-state index in [1.165, 1.54) is 55.1 Å². The number of ether oxygens (including phenoxy) is 2. The highest BCUT2D eigenvalue weighted by atomic mass is 32.2. The minimum Gasteiger partial charge on any atom is -0.494 e. The molecule has 0 aromatic carbocycles. The lowest BCUT2D eigenvalue weighted by Crippen LogP contribution is -2.28. The van der Waals surface area contributed by atoms with Crippen LogP contribution in [0, 0.1) is 17.8 Å². The monoisotopic (exact) mass is 582 g/mol. The third-order valence-corrected chi connectivity index (χ3v) is 6.74. The number of hydrazone groups is 1. The highest BCUT2D eigenvalue weighted by Crippen LogP contribution is 2.35. The van der Waals surface area contributed by atoms with Crippen molar-refractivity contribution < 1.29 is 23.0 Å². The number of methoxy groups -OCH3 is 2. The van der Waals surface area contributed by atoms with Crippen molar-refractivity contribution >= 4 is 22.8 Å². The van der Waals surface area contributed by atoms with Gasteiger partial charge in [-0.2, -0.15) is 5.10 Å². The van der Waals surface area contributed by atoms with E-state index in [1.54, 1.807) is 6.07 Å². The number of halogens is 2. The number of carbonyl (C=O) groups excluding carboxylic acids is 1. The Balaban J connectivity index is 0.00000189. The van der Waals surface area contributed by atoms with Crippen LogP contribution in [0.4, 0.5) is 8.78 Å². The summed E-state index contributed by atoms with van der Waals surface area (Å²) in [5.74, 6) is 6.41. The molecule has 1 unspecified atom stereocenters. The summed E-state index contributed by atoms with van der Waals surface area (Å²) in [6.45, 7) is 4.00. The van der Waals surface area contributed by atoms with Gasteiger partial charge in [0.05, 0.1) is 26.0 Å². The second kappa shape index (κ2) is 13.3. The minimum absolute atomic E-state index is 0.0372. The molecule has 3 aromatic rings. The Bertz CT molecular complexity index is 1580. The van der Waals surface area contributed by atoms with E-state index in [9.17, 15) is 18.4 Å². The zero-order valence-electron chi connectivity index (χ0n) is 22.8. The number of alkyl halides is 2. The molecule has 1 atom stereocenters. The Morgan fingerprint density at radius 1 is 1.12 bits per heavy atom. The Morgan fingerprint density at radius 3 is 2.56 bits per heavy atom. The number of hydrogen-bond acceptors (Lipinski definition) is 9. The number of carbonyl (C=O) groups is 1. The summed E-state index contributed by atoms with van der Waals surface area (Å²) < 4.78 is 38.8. The van der Waals surface area contributed by atoms with Gasteiger partial charge in [0.1, 0.15) is 17.3 Å². The second-order valence-corrected chi connectivity index (χ2v) is 9.60. The highest BCUT2D eigenvalue weighted by molar-refractivity contribution is 8.14. The predicted molar refractivity (Wildman–Crippen MR) is 152 cm³/mol. The van der Waals surface area contributed by atoms with Crippen molar-refractivity contribution in [1.29, 1.82) is 0 Å². The molecule has 0 bridgehead atoms. The van der Waals surface area contributed by atoms with Crippen LogP contribution in [-0.4, -0.2) is 45.2 Å². The van der Waals surface area contributed by atoms with E-state index in [0.29, 0.717) is 11.1 Å². The van der Waals surface area contributed by atoms with E-state index < -0.39 is 23.6 Å². The van der Waals surface area contributed by atoms with Crippen molar-refractivity contribution in [2.75, 3.05) is 14.2 Å². The van der Waals surface area contributed by atoms with Gasteiger partial charge in [0.15, 0.2) is 16.3 Å². The van der Waals surface area contributed by atoms with Crippen molar-refractivity contribution in [3.63, 3.8) is 0 Å². The molecule has 4 heterocycles. The van der Waals surface area contributed by atoms with Gasteiger partial charge in [-0.05, 0) is 48.9 Å². The summed E-state index contributed by atoms with van der Waals surface area (Å²) >= 11 is 1.24. The predicted octanol–water partition coefficient (Wildman–Crippen LogP) is 4.35. The normalized spacial score (nSPS) is 15.5. The third kappa shape index (κ3) is 6.83. The number of nitrogens with one attached hydrogen (secondary N) is 2. The molecule has 1 aliphatic heterocycles. The van der Waals surface area contributed by atoms with E-state index in [4.69, 9.17) is 9.47 Å². The number of nitrogens with zero attached hydrogens (tertiary/aromatic N) is 4. The zero-order chi connectivity index (χ0) is 29.5.